The molecule has 0 aliphatic heterocycles. The summed E-state index contributed by atoms with van der Waals surface area (Å²) in [5.41, 5.74) is 2.14. The van der Waals surface area contributed by atoms with Crippen molar-refractivity contribution in [3.05, 3.63) is 88.9 Å². The number of benzene rings is 3. The predicted octanol–water partition coefficient (Wildman–Crippen LogP) is 6.11. The molecule has 0 radical (unpaired) electrons. The molecule has 1 fully saturated rings. The third-order valence-corrected chi connectivity index (χ3v) is 9.70. The summed E-state index contributed by atoms with van der Waals surface area (Å²) in [5, 5.41) is 3.52. The van der Waals surface area contributed by atoms with Gasteiger partial charge in [0.15, 0.2) is 0 Å². The van der Waals surface area contributed by atoms with Gasteiger partial charge in [-0.3, -0.25) is 13.9 Å². The second-order valence-corrected chi connectivity index (χ2v) is 13.1. The summed E-state index contributed by atoms with van der Waals surface area (Å²) >= 11 is 6.05. The Balaban J connectivity index is 1.75. The number of carbonyl (C=O) groups is 2. The normalized spacial score (nSPS) is 14.2. The molecule has 0 aromatic heterocycles. The highest BCUT2D eigenvalue weighted by Crippen LogP contribution is 2.33. The van der Waals surface area contributed by atoms with Crippen molar-refractivity contribution in [1.82, 2.24) is 10.2 Å². The molecule has 0 spiro atoms. The minimum atomic E-state index is -4.24. The van der Waals surface area contributed by atoms with Crippen molar-refractivity contribution in [3.63, 3.8) is 0 Å². The minimum absolute atomic E-state index is 0.0212. The first-order valence-electron chi connectivity index (χ1n) is 14.8. The van der Waals surface area contributed by atoms with Gasteiger partial charge in [0, 0.05) is 17.6 Å². The van der Waals surface area contributed by atoms with Crippen LogP contribution in [0.3, 0.4) is 0 Å². The molecule has 1 aliphatic carbocycles. The highest BCUT2D eigenvalue weighted by molar-refractivity contribution is 7.92. The third-order valence-electron chi connectivity index (χ3n) is 7.68. The molecule has 3 aromatic rings. The van der Waals surface area contributed by atoms with Crippen LogP contribution >= 0.6 is 11.6 Å². The van der Waals surface area contributed by atoms with Gasteiger partial charge in [0.2, 0.25) is 11.8 Å². The van der Waals surface area contributed by atoms with Gasteiger partial charge in [-0.1, -0.05) is 73.3 Å². The standard InChI is InChI=1S/C33H40ClN3O5S/c1-4-29(33(39)35-27-10-6-7-11-27)36(22-25-16-14-24(3)15-17-25)32(38)23-37(30-12-8-9-13-31(30)42-5-2)43(40,41)28-20-18-26(34)19-21-28/h8-9,12-21,27,29H,4-7,10-11,22-23H2,1-3H3,(H,35,39)/t29-/m1/s1. The van der Waals surface area contributed by atoms with Crippen LogP contribution in [0.5, 0.6) is 5.75 Å². The number of carbonyl (C=O) groups excluding carboxylic acids is 2. The average molecular weight is 626 g/mol. The van der Waals surface area contributed by atoms with E-state index in [0.29, 0.717) is 23.8 Å². The predicted molar refractivity (Wildman–Crippen MR) is 170 cm³/mol. The molecule has 8 nitrogen and oxygen atoms in total. The number of sulfonamides is 1. The van der Waals surface area contributed by atoms with E-state index in [1.165, 1.54) is 29.2 Å². The zero-order chi connectivity index (χ0) is 31.0. The number of halogens is 1. The average Bonchev–Trinajstić information content (AvgIpc) is 3.50. The first-order chi connectivity index (χ1) is 20.6. The number of rotatable bonds is 13. The number of anilines is 1. The van der Waals surface area contributed by atoms with Crippen molar-refractivity contribution in [2.75, 3.05) is 17.5 Å². The van der Waals surface area contributed by atoms with Crippen LogP contribution in [0.2, 0.25) is 5.02 Å². The molecule has 3 aromatic carbocycles. The smallest absolute Gasteiger partial charge is 0.264 e. The SMILES string of the molecule is CCOc1ccccc1N(CC(=O)N(Cc1ccc(C)cc1)[C@H](CC)C(=O)NC1CCCC1)S(=O)(=O)c1ccc(Cl)cc1. The lowest BCUT2D eigenvalue weighted by atomic mass is 10.1. The van der Waals surface area contributed by atoms with E-state index in [-0.39, 0.29) is 29.1 Å². The van der Waals surface area contributed by atoms with E-state index in [0.717, 1.165) is 41.1 Å². The van der Waals surface area contributed by atoms with Crippen molar-refractivity contribution >= 4 is 39.1 Å². The number of nitrogens with zero attached hydrogens (tertiary/aromatic N) is 2. The Labute approximate surface area is 260 Å². The molecule has 1 N–H and O–H groups in total. The summed E-state index contributed by atoms with van der Waals surface area (Å²) in [4.78, 5) is 29.4. The number of nitrogens with one attached hydrogen (secondary N) is 1. The summed E-state index contributed by atoms with van der Waals surface area (Å²) < 4.78 is 35.1. The van der Waals surface area contributed by atoms with Crippen LogP contribution in [0.1, 0.15) is 57.1 Å². The molecule has 1 atom stereocenters. The molecule has 10 heteroatoms. The molecule has 230 valence electrons. The van der Waals surface area contributed by atoms with Crippen molar-refractivity contribution in [2.24, 2.45) is 0 Å². The Hall–Kier alpha value is -3.56. The van der Waals surface area contributed by atoms with E-state index in [1.807, 2.05) is 38.1 Å². The third kappa shape index (κ3) is 8.09. The van der Waals surface area contributed by atoms with Crippen LogP contribution in [-0.4, -0.2) is 50.4 Å². The molecule has 1 aliphatic rings. The van der Waals surface area contributed by atoms with Crippen LogP contribution in [0, 0.1) is 6.92 Å². The summed E-state index contributed by atoms with van der Waals surface area (Å²) in [5.74, 6) is -0.402. The van der Waals surface area contributed by atoms with Gasteiger partial charge in [0.1, 0.15) is 18.3 Å². The Bertz CT molecular complexity index is 1490. The Kier molecular flexibility index (Phi) is 11.1. The van der Waals surface area contributed by atoms with Gasteiger partial charge >= 0.3 is 0 Å². The number of amides is 2. The van der Waals surface area contributed by atoms with Gasteiger partial charge in [-0.15, -0.1) is 0 Å². The lowest BCUT2D eigenvalue weighted by molar-refractivity contribution is -0.140. The van der Waals surface area contributed by atoms with E-state index in [2.05, 4.69) is 5.32 Å². The molecule has 0 unspecified atom stereocenters. The molecule has 0 saturated heterocycles. The second kappa shape index (κ2) is 14.8. The number of para-hydroxylation sites is 2. The van der Waals surface area contributed by atoms with Crippen molar-refractivity contribution in [3.8, 4) is 5.75 Å². The van der Waals surface area contributed by atoms with Crippen LogP contribution in [-0.2, 0) is 26.2 Å². The molecule has 0 bridgehead atoms. The molecule has 1 saturated carbocycles. The van der Waals surface area contributed by atoms with Gasteiger partial charge in [-0.05, 0) is 75.1 Å². The maximum atomic E-state index is 14.3. The number of hydrogen-bond acceptors (Lipinski definition) is 5. The van der Waals surface area contributed by atoms with E-state index >= 15 is 0 Å². The number of hydrogen-bond donors (Lipinski definition) is 1. The second-order valence-electron chi connectivity index (χ2n) is 10.8. The van der Waals surface area contributed by atoms with Gasteiger partial charge in [-0.2, -0.15) is 0 Å². The maximum absolute atomic E-state index is 14.3. The van der Waals surface area contributed by atoms with E-state index < -0.39 is 28.5 Å². The molecule has 0 heterocycles. The fourth-order valence-corrected chi connectivity index (χ4v) is 6.92. The van der Waals surface area contributed by atoms with Crippen molar-refractivity contribution < 1.29 is 22.7 Å². The Morgan fingerprint density at radius 1 is 0.977 bits per heavy atom. The van der Waals surface area contributed by atoms with Crippen LogP contribution in [0.25, 0.3) is 0 Å². The lowest BCUT2D eigenvalue weighted by Crippen LogP contribution is -2.53. The largest absolute Gasteiger partial charge is 0.492 e. The Morgan fingerprint density at radius 3 is 2.26 bits per heavy atom. The van der Waals surface area contributed by atoms with Gasteiger partial charge in [-0.25, -0.2) is 8.42 Å². The first kappa shape index (κ1) is 32.4. The maximum Gasteiger partial charge on any atom is 0.264 e. The van der Waals surface area contributed by atoms with E-state index in [4.69, 9.17) is 16.3 Å². The van der Waals surface area contributed by atoms with Crippen LogP contribution in [0.4, 0.5) is 5.69 Å². The van der Waals surface area contributed by atoms with Crippen LogP contribution < -0.4 is 14.4 Å². The fraction of sp³-hybridized carbons (Fsp3) is 0.394. The summed E-state index contributed by atoms with van der Waals surface area (Å²) in [7, 11) is -4.24. The summed E-state index contributed by atoms with van der Waals surface area (Å²) in [6.07, 6.45) is 4.31. The highest BCUT2D eigenvalue weighted by atomic mass is 35.5. The van der Waals surface area contributed by atoms with Crippen molar-refractivity contribution in [2.45, 2.75) is 76.4 Å². The molecular weight excluding hydrogens is 586 g/mol. The first-order valence-corrected chi connectivity index (χ1v) is 16.6. The summed E-state index contributed by atoms with van der Waals surface area (Å²) in [6.45, 7) is 5.56. The van der Waals surface area contributed by atoms with Gasteiger partial charge in [0.25, 0.3) is 10.0 Å². The number of ether oxygens (including phenoxy) is 1. The van der Waals surface area contributed by atoms with Gasteiger partial charge < -0.3 is 15.0 Å². The van der Waals surface area contributed by atoms with E-state index in [1.54, 1.807) is 31.2 Å². The van der Waals surface area contributed by atoms with E-state index in [9.17, 15) is 18.0 Å². The lowest BCUT2D eigenvalue weighted by Gasteiger charge is -2.34. The molecule has 4 rings (SSSR count). The topological polar surface area (TPSA) is 96.0 Å². The van der Waals surface area contributed by atoms with Crippen LogP contribution in [0.15, 0.2) is 77.7 Å². The van der Waals surface area contributed by atoms with Crippen molar-refractivity contribution in [1.29, 1.82) is 0 Å². The molecule has 2 amide bonds. The monoisotopic (exact) mass is 625 g/mol. The molecule has 43 heavy (non-hydrogen) atoms. The quantitative estimate of drug-likeness (QED) is 0.247. The highest BCUT2D eigenvalue weighted by Gasteiger charge is 2.35. The summed E-state index contributed by atoms with van der Waals surface area (Å²) in [6, 6.07) is 19.6. The molecular formula is C33H40ClN3O5S. The van der Waals surface area contributed by atoms with Gasteiger partial charge in [0.05, 0.1) is 17.2 Å². The zero-order valence-electron chi connectivity index (χ0n) is 25.0. The Morgan fingerprint density at radius 2 is 1.63 bits per heavy atom. The fourth-order valence-electron chi connectivity index (χ4n) is 5.37. The zero-order valence-corrected chi connectivity index (χ0v) is 26.5. The minimum Gasteiger partial charge on any atom is -0.492 e. The number of aryl methyl sites for hydroxylation is 1.